The summed E-state index contributed by atoms with van der Waals surface area (Å²) in [5.41, 5.74) is 8.60. The normalized spacial score (nSPS) is 17.6. The van der Waals surface area contributed by atoms with E-state index in [9.17, 15) is 18.0 Å². The number of aromatic nitrogens is 3. The number of alkyl halides is 3. The molecule has 0 bridgehead atoms. The van der Waals surface area contributed by atoms with Gasteiger partial charge in [-0.05, 0) is 64.9 Å². The van der Waals surface area contributed by atoms with E-state index in [0.29, 0.717) is 90.1 Å². The SMILES string of the molecule is Cn1cnnc1CC1(c2cccc(N3Cc4c(cc(CN5CCC(OCCOCc6ccc(COCCN)cc6)CC5)cc4C(F)(F)F)C3=O)c2)COC1. The van der Waals surface area contributed by atoms with Crippen molar-refractivity contribution >= 4 is 11.6 Å². The lowest BCUT2D eigenvalue weighted by Crippen LogP contribution is -2.49. The molecule has 0 aliphatic carbocycles. The summed E-state index contributed by atoms with van der Waals surface area (Å²) in [6.45, 7) is 5.45. The molecule has 1 aromatic heterocycles. The van der Waals surface area contributed by atoms with Crippen molar-refractivity contribution in [3.8, 4) is 0 Å². The molecule has 0 saturated carbocycles. The minimum Gasteiger partial charge on any atom is -0.379 e. The zero-order valence-corrected chi connectivity index (χ0v) is 30.5. The Bertz CT molecular complexity index is 1890. The summed E-state index contributed by atoms with van der Waals surface area (Å²) >= 11 is 0. The summed E-state index contributed by atoms with van der Waals surface area (Å²) in [6, 6.07) is 18.4. The van der Waals surface area contributed by atoms with Gasteiger partial charge in [0.05, 0.1) is 64.5 Å². The first-order valence-corrected chi connectivity index (χ1v) is 18.5. The number of nitrogens with two attached hydrogens (primary N) is 1. The highest BCUT2D eigenvalue weighted by Crippen LogP contribution is 2.42. The zero-order chi connectivity index (χ0) is 37.7. The summed E-state index contributed by atoms with van der Waals surface area (Å²) in [6.07, 6.45) is -0.794. The first-order valence-electron chi connectivity index (χ1n) is 18.5. The number of benzene rings is 3. The molecule has 14 heteroatoms. The fourth-order valence-corrected chi connectivity index (χ4v) is 7.47. The maximum atomic E-state index is 14.5. The number of halogens is 3. The predicted molar refractivity (Wildman–Crippen MR) is 195 cm³/mol. The number of hydrogen-bond donors (Lipinski definition) is 1. The maximum Gasteiger partial charge on any atom is 0.416 e. The number of likely N-dealkylation sites (tertiary alicyclic amines) is 1. The Morgan fingerprint density at radius 1 is 0.944 bits per heavy atom. The standard InChI is InChI=1S/C40H47F3N6O5/c1-47-27-45-46-37(47)20-39(25-53-26-39)31-3-2-4-32(19-31)49-22-35-34(38(49)50)17-30(18-36(35)40(41,42)43)21-48-12-9-33(10-13-48)54-16-15-52-24-29-7-5-28(6-8-29)23-51-14-11-44/h2-8,17-19,27,33H,9-16,20-26,44H2,1H3. The summed E-state index contributed by atoms with van der Waals surface area (Å²) in [7, 11) is 1.88. The Morgan fingerprint density at radius 2 is 1.67 bits per heavy atom. The highest BCUT2D eigenvalue weighted by Gasteiger charge is 2.44. The number of anilines is 1. The van der Waals surface area contributed by atoms with E-state index >= 15 is 0 Å². The molecule has 288 valence electrons. The lowest BCUT2D eigenvalue weighted by atomic mass is 9.75. The Hall–Kier alpha value is -4.18. The molecule has 3 aliphatic rings. The average molecular weight is 749 g/mol. The molecular weight excluding hydrogens is 701 g/mol. The highest BCUT2D eigenvalue weighted by atomic mass is 19.4. The van der Waals surface area contributed by atoms with Gasteiger partial charge in [-0.25, -0.2) is 0 Å². The Balaban J connectivity index is 0.929. The number of hydrogen-bond acceptors (Lipinski definition) is 9. The molecular formula is C40H47F3N6O5. The first kappa shape index (κ1) is 38.1. The number of amides is 1. The van der Waals surface area contributed by atoms with Gasteiger partial charge in [0, 0.05) is 56.3 Å². The van der Waals surface area contributed by atoms with Gasteiger partial charge in [0.1, 0.15) is 12.2 Å². The number of carbonyl (C=O) groups is 1. The van der Waals surface area contributed by atoms with Gasteiger partial charge in [-0.2, -0.15) is 13.2 Å². The van der Waals surface area contributed by atoms with Crippen molar-refractivity contribution in [3.05, 3.63) is 112 Å². The summed E-state index contributed by atoms with van der Waals surface area (Å²) < 4.78 is 68.4. The number of rotatable bonds is 16. The Labute approximate surface area is 313 Å². The molecule has 4 heterocycles. The second-order valence-electron chi connectivity index (χ2n) is 14.5. The Morgan fingerprint density at radius 3 is 2.30 bits per heavy atom. The molecule has 1 amide bonds. The van der Waals surface area contributed by atoms with Crippen LogP contribution in [0.5, 0.6) is 0 Å². The van der Waals surface area contributed by atoms with Crippen molar-refractivity contribution in [3.63, 3.8) is 0 Å². The lowest BCUT2D eigenvalue weighted by Gasteiger charge is -2.42. The molecule has 2 fully saturated rings. The number of carbonyl (C=O) groups excluding carboxylic acids is 1. The van der Waals surface area contributed by atoms with E-state index in [0.717, 1.165) is 35.4 Å². The quantitative estimate of drug-likeness (QED) is 0.155. The van der Waals surface area contributed by atoms with Crippen LogP contribution in [0.3, 0.4) is 0 Å². The average Bonchev–Trinajstić information content (AvgIpc) is 3.71. The zero-order valence-electron chi connectivity index (χ0n) is 30.5. The van der Waals surface area contributed by atoms with Crippen molar-refractivity contribution in [1.29, 1.82) is 0 Å². The molecule has 11 nitrogen and oxygen atoms in total. The molecule has 7 rings (SSSR count). The number of nitrogens with zero attached hydrogens (tertiary/aromatic N) is 5. The second kappa shape index (κ2) is 16.7. The molecule has 0 atom stereocenters. The van der Waals surface area contributed by atoms with Crippen LogP contribution in [0.1, 0.15) is 62.4 Å². The van der Waals surface area contributed by atoms with E-state index < -0.39 is 17.6 Å². The number of aryl methyl sites for hydroxylation is 1. The highest BCUT2D eigenvalue weighted by molar-refractivity contribution is 6.10. The second-order valence-corrected chi connectivity index (χ2v) is 14.5. The molecule has 0 radical (unpaired) electrons. The van der Waals surface area contributed by atoms with Crippen LogP contribution in [-0.4, -0.2) is 84.3 Å². The van der Waals surface area contributed by atoms with Crippen LogP contribution in [0.25, 0.3) is 0 Å². The van der Waals surface area contributed by atoms with E-state index in [1.165, 1.54) is 11.0 Å². The van der Waals surface area contributed by atoms with E-state index in [2.05, 4.69) is 15.1 Å². The van der Waals surface area contributed by atoms with Crippen molar-refractivity contribution in [2.24, 2.45) is 12.8 Å². The van der Waals surface area contributed by atoms with Crippen LogP contribution in [0.2, 0.25) is 0 Å². The van der Waals surface area contributed by atoms with Crippen LogP contribution in [0.15, 0.2) is 67.0 Å². The smallest absolute Gasteiger partial charge is 0.379 e. The van der Waals surface area contributed by atoms with Crippen molar-refractivity contribution in [2.45, 2.75) is 63.3 Å². The van der Waals surface area contributed by atoms with Crippen molar-refractivity contribution < 1.29 is 36.9 Å². The molecule has 3 aromatic carbocycles. The van der Waals surface area contributed by atoms with E-state index in [-0.39, 0.29) is 29.2 Å². The summed E-state index contributed by atoms with van der Waals surface area (Å²) in [5.74, 6) is 0.373. The van der Waals surface area contributed by atoms with Crippen LogP contribution < -0.4 is 10.6 Å². The molecule has 0 unspecified atom stereocenters. The van der Waals surface area contributed by atoms with Crippen LogP contribution in [0, 0.1) is 0 Å². The third-order valence-electron chi connectivity index (χ3n) is 10.6. The van der Waals surface area contributed by atoms with Crippen molar-refractivity contribution in [2.75, 3.05) is 57.6 Å². The van der Waals surface area contributed by atoms with E-state index in [1.807, 2.05) is 54.1 Å². The van der Waals surface area contributed by atoms with Crippen LogP contribution >= 0.6 is 0 Å². The molecule has 2 saturated heterocycles. The molecule has 3 aliphatic heterocycles. The number of fused-ring (bicyclic) bond motifs is 1. The van der Waals surface area contributed by atoms with Gasteiger partial charge in [-0.15, -0.1) is 10.2 Å². The van der Waals surface area contributed by atoms with Gasteiger partial charge in [0.25, 0.3) is 5.91 Å². The van der Waals surface area contributed by atoms with Crippen LogP contribution in [0.4, 0.5) is 18.9 Å². The topological polar surface area (TPSA) is 117 Å². The predicted octanol–water partition coefficient (Wildman–Crippen LogP) is 5.18. The fraction of sp³-hybridized carbons (Fsp3) is 0.475. The third-order valence-corrected chi connectivity index (χ3v) is 10.6. The van der Waals surface area contributed by atoms with Gasteiger partial charge in [0.2, 0.25) is 0 Å². The summed E-state index contributed by atoms with van der Waals surface area (Å²) in [4.78, 5) is 17.4. The van der Waals surface area contributed by atoms with Crippen LogP contribution in [-0.2, 0) is 70.3 Å². The lowest BCUT2D eigenvalue weighted by molar-refractivity contribution is -0.138. The molecule has 0 spiro atoms. The third kappa shape index (κ3) is 8.69. The van der Waals surface area contributed by atoms with Gasteiger partial charge in [0.15, 0.2) is 0 Å². The first-order chi connectivity index (χ1) is 26.1. The monoisotopic (exact) mass is 748 g/mol. The largest absolute Gasteiger partial charge is 0.416 e. The van der Waals surface area contributed by atoms with Gasteiger partial charge in [-0.1, -0.05) is 36.4 Å². The summed E-state index contributed by atoms with van der Waals surface area (Å²) in [5, 5.41) is 8.23. The maximum absolute atomic E-state index is 14.5. The minimum absolute atomic E-state index is 0.0155. The van der Waals surface area contributed by atoms with Gasteiger partial charge in [-0.3, -0.25) is 9.69 Å². The van der Waals surface area contributed by atoms with Gasteiger partial charge >= 0.3 is 6.18 Å². The molecule has 2 N–H and O–H groups in total. The molecule has 4 aromatic rings. The molecule has 54 heavy (non-hydrogen) atoms. The fourth-order valence-electron chi connectivity index (χ4n) is 7.47. The van der Waals surface area contributed by atoms with Gasteiger partial charge < -0.3 is 34.1 Å². The number of ether oxygens (including phenoxy) is 4. The number of piperidine rings is 1. The van der Waals surface area contributed by atoms with Crippen molar-refractivity contribution in [1.82, 2.24) is 19.7 Å². The minimum atomic E-state index is -4.60. The van der Waals surface area contributed by atoms with E-state index in [4.69, 9.17) is 24.7 Å². The van der Waals surface area contributed by atoms with E-state index in [1.54, 1.807) is 18.5 Å². The Kier molecular flexibility index (Phi) is 11.8.